The Balaban J connectivity index is 1.58. The number of hydrogen-bond acceptors (Lipinski definition) is 6. The van der Waals surface area contributed by atoms with Crippen LogP contribution in [-0.4, -0.2) is 53.1 Å². The second kappa shape index (κ2) is 14.3. The van der Waals surface area contributed by atoms with Gasteiger partial charge in [0.2, 0.25) is 0 Å². The summed E-state index contributed by atoms with van der Waals surface area (Å²) in [6.07, 6.45) is 1.80. The lowest BCUT2D eigenvalue weighted by Crippen LogP contribution is -2.62. The molecule has 3 aromatic carbocycles. The number of hydrogen-bond donors (Lipinski definition) is 0. The normalized spacial score (nSPS) is 17.4. The molecule has 0 aromatic heterocycles. The summed E-state index contributed by atoms with van der Waals surface area (Å²) in [6, 6.07) is 25.6. The number of carbonyl (C=O) groups excluding carboxylic acids is 2. The summed E-state index contributed by atoms with van der Waals surface area (Å²) in [7, 11) is 3.29. The zero-order valence-electron chi connectivity index (χ0n) is 22.7. The van der Waals surface area contributed by atoms with Crippen molar-refractivity contribution in [3.05, 3.63) is 95.6 Å². The summed E-state index contributed by atoms with van der Waals surface area (Å²) in [4.78, 5) is 31.8. The SMILES string of the molecule is CCCCN1C(=O)C(SCc2ccc(OC)cc2)N(Cc2ccccc2)C(=O)C1SCc1ccc(OC)cc1. The summed E-state index contributed by atoms with van der Waals surface area (Å²) in [6.45, 7) is 3.07. The molecule has 0 bridgehead atoms. The van der Waals surface area contributed by atoms with Gasteiger partial charge >= 0.3 is 0 Å². The van der Waals surface area contributed by atoms with Gasteiger partial charge < -0.3 is 19.3 Å². The van der Waals surface area contributed by atoms with Gasteiger partial charge in [-0.05, 0) is 47.4 Å². The van der Waals surface area contributed by atoms with E-state index < -0.39 is 10.7 Å². The molecule has 1 aliphatic rings. The number of amides is 2. The first-order valence-electron chi connectivity index (χ1n) is 13.2. The molecule has 0 radical (unpaired) electrons. The molecule has 4 rings (SSSR count). The van der Waals surface area contributed by atoms with Gasteiger partial charge in [-0.15, -0.1) is 23.5 Å². The van der Waals surface area contributed by atoms with Crippen molar-refractivity contribution in [3.8, 4) is 11.5 Å². The number of nitrogens with zero attached hydrogens (tertiary/aromatic N) is 2. The van der Waals surface area contributed by atoms with Crippen molar-refractivity contribution >= 4 is 35.3 Å². The van der Waals surface area contributed by atoms with Crippen LogP contribution in [0.1, 0.15) is 36.5 Å². The van der Waals surface area contributed by atoms with E-state index >= 15 is 0 Å². The highest BCUT2D eigenvalue weighted by molar-refractivity contribution is 8.00. The van der Waals surface area contributed by atoms with Crippen LogP contribution < -0.4 is 9.47 Å². The molecule has 1 saturated heterocycles. The second-order valence-corrected chi connectivity index (χ2v) is 11.5. The van der Waals surface area contributed by atoms with E-state index in [9.17, 15) is 9.59 Å². The zero-order valence-corrected chi connectivity index (χ0v) is 24.4. The lowest BCUT2D eigenvalue weighted by atomic mass is 10.2. The van der Waals surface area contributed by atoms with Crippen LogP contribution >= 0.6 is 23.5 Å². The van der Waals surface area contributed by atoms with Crippen molar-refractivity contribution in [2.45, 2.75) is 48.6 Å². The Kier molecular flexibility index (Phi) is 10.6. The van der Waals surface area contributed by atoms with Crippen molar-refractivity contribution < 1.29 is 19.1 Å². The molecular weight excluding hydrogens is 528 g/mol. The molecule has 39 heavy (non-hydrogen) atoms. The molecule has 2 amide bonds. The van der Waals surface area contributed by atoms with Gasteiger partial charge in [-0.1, -0.05) is 67.9 Å². The van der Waals surface area contributed by atoms with Gasteiger partial charge in [0.15, 0.2) is 10.7 Å². The number of ether oxygens (including phenoxy) is 2. The molecule has 6 nitrogen and oxygen atoms in total. The van der Waals surface area contributed by atoms with E-state index in [1.54, 1.807) is 19.1 Å². The largest absolute Gasteiger partial charge is 0.497 e. The number of rotatable bonds is 13. The predicted octanol–water partition coefficient (Wildman–Crippen LogP) is 6.19. The van der Waals surface area contributed by atoms with E-state index in [-0.39, 0.29) is 11.8 Å². The van der Waals surface area contributed by atoms with Gasteiger partial charge in [-0.2, -0.15) is 0 Å². The van der Waals surface area contributed by atoms with E-state index in [4.69, 9.17) is 9.47 Å². The molecule has 1 aliphatic heterocycles. The fourth-order valence-electron chi connectivity index (χ4n) is 4.39. The van der Waals surface area contributed by atoms with Crippen molar-refractivity contribution in [2.24, 2.45) is 0 Å². The molecule has 0 spiro atoms. The number of piperazine rings is 1. The lowest BCUT2D eigenvalue weighted by Gasteiger charge is -2.44. The van der Waals surface area contributed by atoms with Crippen molar-refractivity contribution in [3.63, 3.8) is 0 Å². The smallest absolute Gasteiger partial charge is 0.257 e. The number of thioether (sulfide) groups is 2. The second-order valence-electron chi connectivity index (χ2n) is 9.36. The standard InChI is InChI=1S/C31H36N2O4S2/c1-4-5-19-32-28(34)31(39-22-25-13-17-27(37-3)18-14-25)33(20-23-9-7-6-8-10-23)29(35)30(32)38-21-24-11-15-26(36-2)16-12-24/h6-18,30-31H,4-5,19-22H2,1-3H3. The van der Waals surface area contributed by atoms with E-state index in [1.165, 1.54) is 23.5 Å². The Morgan fingerprint density at radius 2 is 1.15 bits per heavy atom. The average Bonchev–Trinajstić information content (AvgIpc) is 2.98. The van der Waals surface area contributed by atoms with Crippen molar-refractivity contribution in [1.29, 1.82) is 0 Å². The number of unbranched alkanes of at least 4 members (excludes halogenated alkanes) is 1. The minimum atomic E-state index is -0.588. The number of carbonyl (C=O) groups is 2. The molecule has 1 heterocycles. The molecule has 0 saturated carbocycles. The number of benzene rings is 3. The quantitative estimate of drug-likeness (QED) is 0.247. The Hall–Kier alpha value is -3.10. The Morgan fingerprint density at radius 3 is 1.64 bits per heavy atom. The van der Waals surface area contributed by atoms with Gasteiger partial charge in [-0.3, -0.25) is 9.59 Å². The maximum absolute atomic E-state index is 14.1. The molecule has 206 valence electrons. The third-order valence-corrected chi connectivity index (χ3v) is 9.18. The van der Waals surface area contributed by atoms with Gasteiger partial charge in [-0.25, -0.2) is 0 Å². The van der Waals surface area contributed by atoms with Gasteiger partial charge in [0.1, 0.15) is 11.5 Å². The monoisotopic (exact) mass is 564 g/mol. The molecule has 0 aliphatic carbocycles. The van der Waals surface area contributed by atoms with Crippen molar-refractivity contribution in [1.82, 2.24) is 9.80 Å². The average molecular weight is 565 g/mol. The summed E-state index contributed by atoms with van der Waals surface area (Å²) in [5.74, 6) is 2.82. The van der Waals surface area contributed by atoms with Crippen LogP contribution in [-0.2, 0) is 27.6 Å². The first kappa shape index (κ1) is 28.9. The Morgan fingerprint density at radius 1 is 0.667 bits per heavy atom. The third-order valence-electron chi connectivity index (χ3n) is 6.64. The van der Waals surface area contributed by atoms with Gasteiger partial charge in [0.25, 0.3) is 11.8 Å². The minimum Gasteiger partial charge on any atom is -0.497 e. The van der Waals surface area contributed by atoms with Gasteiger partial charge in [0, 0.05) is 24.6 Å². The van der Waals surface area contributed by atoms with Crippen LogP contribution in [0, 0.1) is 0 Å². The van der Waals surface area contributed by atoms with E-state index in [0.29, 0.717) is 24.6 Å². The topological polar surface area (TPSA) is 59.1 Å². The van der Waals surface area contributed by atoms with Crippen LogP contribution in [0.5, 0.6) is 11.5 Å². The molecule has 8 heteroatoms. The Bertz CT molecular complexity index is 1210. The molecule has 3 aromatic rings. The summed E-state index contributed by atoms with van der Waals surface area (Å²) >= 11 is 3.03. The summed E-state index contributed by atoms with van der Waals surface area (Å²) in [5, 5.41) is -1.15. The third kappa shape index (κ3) is 7.51. The first-order valence-corrected chi connectivity index (χ1v) is 15.3. The molecule has 1 fully saturated rings. The maximum atomic E-state index is 14.1. The van der Waals surface area contributed by atoms with Crippen LogP contribution in [0.2, 0.25) is 0 Å². The number of methoxy groups -OCH3 is 2. The van der Waals surface area contributed by atoms with Crippen LogP contribution in [0.4, 0.5) is 0 Å². The Labute approximate surface area is 240 Å². The maximum Gasteiger partial charge on any atom is 0.257 e. The highest BCUT2D eigenvalue weighted by Crippen LogP contribution is 2.35. The van der Waals surface area contributed by atoms with Crippen LogP contribution in [0.3, 0.4) is 0 Å². The minimum absolute atomic E-state index is 0.00437. The fraction of sp³-hybridized carbons (Fsp3) is 0.355. The van der Waals surface area contributed by atoms with E-state index in [2.05, 4.69) is 6.92 Å². The highest BCUT2D eigenvalue weighted by Gasteiger charge is 2.46. The zero-order chi connectivity index (χ0) is 27.6. The van der Waals surface area contributed by atoms with Crippen molar-refractivity contribution in [2.75, 3.05) is 20.8 Å². The fourth-order valence-corrected chi connectivity index (χ4v) is 6.78. The highest BCUT2D eigenvalue weighted by atomic mass is 32.2. The molecule has 2 atom stereocenters. The summed E-state index contributed by atoms with van der Waals surface area (Å²) in [5.41, 5.74) is 3.17. The lowest BCUT2D eigenvalue weighted by molar-refractivity contribution is -0.154. The molecule has 0 N–H and O–H groups in total. The molecule has 2 unspecified atom stereocenters. The van der Waals surface area contributed by atoms with Gasteiger partial charge in [0.05, 0.1) is 14.2 Å². The molecular formula is C31H36N2O4S2. The first-order chi connectivity index (χ1) is 19.0. The van der Waals surface area contributed by atoms with Crippen LogP contribution in [0.25, 0.3) is 0 Å². The predicted molar refractivity (Wildman–Crippen MR) is 160 cm³/mol. The summed E-state index contributed by atoms with van der Waals surface area (Å²) < 4.78 is 10.6. The van der Waals surface area contributed by atoms with E-state index in [0.717, 1.165) is 41.0 Å². The van der Waals surface area contributed by atoms with Crippen LogP contribution in [0.15, 0.2) is 78.9 Å². The van der Waals surface area contributed by atoms with E-state index in [1.807, 2.05) is 83.8 Å².